The SMILES string of the molecule is O=C(COc1ccc(C(=O)c2ccccc2)cc1)Nc1ccccc1C(=O)NC1CCCC1. The molecule has 6 nitrogen and oxygen atoms in total. The number of amides is 2. The summed E-state index contributed by atoms with van der Waals surface area (Å²) < 4.78 is 5.56. The summed E-state index contributed by atoms with van der Waals surface area (Å²) in [5, 5.41) is 5.80. The Bertz CT molecular complexity index is 1120. The van der Waals surface area contributed by atoms with E-state index in [2.05, 4.69) is 10.6 Å². The van der Waals surface area contributed by atoms with Crippen LogP contribution in [-0.4, -0.2) is 30.2 Å². The minimum atomic E-state index is -0.374. The zero-order valence-corrected chi connectivity index (χ0v) is 18.3. The molecule has 2 amide bonds. The first-order valence-electron chi connectivity index (χ1n) is 11.1. The van der Waals surface area contributed by atoms with Gasteiger partial charge in [-0.1, -0.05) is 55.3 Å². The van der Waals surface area contributed by atoms with Gasteiger partial charge in [-0.2, -0.15) is 0 Å². The van der Waals surface area contributed by atoms with Gasteiger partial charge in [0.2, 0.25) is 0 Å². The summed E-state index contributed by atoms with van der Waals surface area (Å²) in [5.74, 6) is -0.160. The summed E-state index contributed by atoms with van der Waals surface area (Å²) in [7, 11) is 0. The predicted molar refractivity (Wildman–Crippen MR) is 127 cm³/mol. The molecule has 3 aromatic rings. The van der Waals surface area contributed by atoms with Crippen molar-refractivity contribution < 1.29 is 19.1 Å². The van der Waals surface area contributed by atoms with Crippen LogP contribution in [0.3, 0.4) is 0 Å². The van der Waals surface area contributed by atoms with Crippen molar-refractivity contribution in [3.63, 3.8) is 0 Å². The molecule has 0 unspecified atom stereocenters. The third kappa shape index (κ3) is 5.86. The second-order valence-electron chi connectivity index (χ2n) is 8.06. The standard InChI is InChI=1S/C27H26N2O4/c30-25(29-24-13-7-6-12-23(24)27(32)28-21-10-4-5-11-21)18-33-22-16-14-20(15-17-22)26(31)19-8-2-1-3-9-19/h1-3,6-9,12-17,21H,4-5,10-11,18H2,(H,28,32)(H,29,30). The van der Waals surface area contributed by atoms with Crippen molar-refractivity contribution in [2.45, 2.75) is 31.7 Å². The lowest BCUT2D eigenvalue weighted by atomic mass is 10.0. The van der Waals surface area contributed by atoms with Gasteiger partial charge in [0.1, 0.15) is 5.75 Å². The molecule has 1 saturated carbocycles. The fourth-order valence-electron chi connectivity index (χ4n) is 3.92. The Morgan fingerprint density at radius 1 is 0.788 bits per heavy atom. The van der Waals surface area contributed by atoms with Crippen molar-refractivity contribution in [1.82, 2.24) is 5.32 Å². The second kappa shape index (κ2) is 10.6. The summed E-state index contributed by atoms with van der Waals surface area (Å²) in [5.41, 5.74) is 2.04. The van der Waals surface area contributed by atoms with Gasteiger partial charge in [-0.3, -0.25) is 14.4 Å². The van der Waals surface area contributed by atoms with Crippen LogP contribution in [0.15, 0.2) is 78.9 Å². The molecule has 0 bridgehead atoms. The Kier molecular flexibility index (Phi) is 7.15. The molecular formula is C27H26N2O4. The molecular weight excluding hydrogens is 416 g/mol. The van der Waals surface area contributed by atoms with Crippen molar-refractivity contribution in [2.75, 3.05) is 11.9 Å². The Morgan fingerprint density at radius 3 is 2.15 bits per heavy atom. The molecule has 1 fully saturated rings. The lowest BCUT2D eigenvalue weighted by Crippen LogP contribution is -2.33. The van der Waals surface area contributed by atoms with Gasteiger partial charge in [-0.15, -0.1) is 0 Å². The van der Waals surface area contributed by atoms with Crippen LogP contribution in [0, 0.1) is 0 Å². The largest absolute Gasteiger partial charge is 0.484 e. The molecule has 0 aliphatic heterocycles. The number of anilines is 1. The quantitative estimate of drug-likeness (QED) is 0.499. The maximum absolute atomic E-state index is 12.7. The van der Waals surface area contributed by atoms with Gasteiger partial charge in [0.05, 0.1) is 11.3 Å². The Balaban J connectivity index is 1.32. The van der Waals surface area contributed by atoms with E-state index in [0.717, 1.165) is 25.7 Å². The van der Waals surface area contributed by atoms with Crippen LogP contribution >= 0.6 is 0 Å². The highest BCUT2D eigenvalue weighted by atomic mass is 16.5. The van der Waals surface area contributed by atoms with Gasteiger partial charge >= 0.3 is 0 Å². The van der Waals surface area contributed by atoms with Crippen molar-refractivity contribution in [1.29, 1.82) is 0 Å². The van der Waals surface area contributed by atoms with Gasteiger partial charge in [-0.05, 0) is 49.2 Å². The maximum Gasteiger partial charge on any atom is 0.262 e. The molecule has 0 spiro atoms. The summed E-state index contributed by atoms with van der Waals surface area (Å²) in [6.07, 6.45) is 4.23. The molecule has 1 aliphatic rings. The molecule has 2 N–H and O–H groups in total. The molecule has 3 aromatic carbocycles. The molecule has 168 valence electrons. The normalized spacial score (nSPS) is 13.3. The summed E-state index contributed by atoms with van der Waals surface area (Å²) in [6, 6.07) is 22.8. The fourth-order valence-corrected chi connectivity index (χ4v) is 3.92. The number of carbonyl (C=O) groups excluding carboxylic acids is 3. The number of rotatable bonds is 8. The van der Waals surface area contributed by atoms with Gasteiger partial charge < -0.3 is 15.4 Å². The third-order valence-electron chi connectivity index (χ3n) is 5.66. The number of benzene rings is 3. The average Bonchev–Trinajstić information content (AvgIpc) is 3.36. The van der Waals surface area contributed by atoms with Crippen LogP contribution in [0.25, 0.3) is 0 Å². The van der Waals surface area contributed by atoms with Crippen molar-refractivity contribution in [2.24, 2.45) is 0 Å². The van der Waals surface area contributed by atoms with Gasteiger partial charge in [0, 0.05) is 17.2 Å². The van der Waals surface area contributed by atoms with E-state index in [9.17, 15) is 14.4 Å². The second-order valence-corrected chi connectivity index (χ2v) is 8.06. The molecule has 0 aromatic heterocycles. The van der Waals surface area contributed by atoms with Crippen LogP contribution in [-0.2, 0) is 4.79 Å². The highest BCUT2D eigenvalue weighted by Crippen LogP contribution is 2.21. The Labute approximate surface area is 193 Å². The first-order chi connectivity index (χ1) is 16.1. The first kappa shape index (κ1) is 22.3. The van der Waals surface area contributed by atoms with Crippen molar-refractivity contribution in [3.8, 4) is 5.75 Å². The number of para-hydroxylation sites is 1. The average molecular weight is 443 g/mol. The third-order valence-corrected chi connectivity index (χ3v) is 5.66. The van der Waals surface area contributed by atoms with E-state index in [1.807, 2.05) is 18.2 Å². The number of nitrogens with one attached hydrogen (secondary N) is 2. The van der Waals surface area contributed by atoms with Gasteiger partial charge in [-0.25, -0.2) is 0 Å². The molecule has 0 heterocycles. The number of ketones is 1. The predicted octanol–water partition coefficient (Wildman–Crippen LogP) is 4.61. The summed E-state index contributed by atoms with van der Waals surface area (Å²) in [4.78, 5) is 37.6. The van der Waals surface area contributed by atoms with E-state index in [1.165, 1.54) is 0 Å². The lowest BCUT2D eigenvalue weighted by Gasteiger charge is -2.15. The summed E-state index contributed by atoms with van der Waals surface area (Å²) >= 11 is 0. The van der Waals surface area contributed by atoms with Crippen LogP contribution in [0.1, 0.15) is 52.0 Å². The maximum atomic E-state index is 12.7. The molecule has 1 aliphatic carbocycles. The highest BCUT2D eigenvalue weighted by Gasteiger charge is 2.20. The molecule has 0 saturated heterocycles. The molecule has 0 atom stereocenters. The number of ether oxygens (including phenoxy) is 1. The molecule has 33 heavy (non-hydrogen) atoms. The highest BCUT2D eigenvalue weighted by molar-refractivity contribution is 6.09. The number of hydrogen-bond donors (Lipinski definition) is 2. The van der Waals surface area contributed by atoms with E-state index in [-0.39, 0.29) is 30.2 Å². The van der Waals surface area contributed by atoms with Crippen molar-refractivity contribution in [3.05, 3.63) is 95.6 Å². The Hall–Kier alpha value is -3.93. The minimum absolute atomic E-state index is 0.0765. The van der Waals surface area contributed by atoms with Crippen LogP contribution < -0.4 is 15.4 Å². The van der Waals surface area contributed by atoms with Gasteiger partial charge in [0.25, 0.3) is 11.8 Å². The Morgan fingerprint density at radius 2 is 1.42 bits per heavy atom. The lowest BCUT2D eigenvalue weighted by molar-refractivity contribution is -0.118. The minimum Gasteiger partial charge on any atom is -0.484 e. The zero-order chi connectivity index (χ0) is 23.0. The molecule has 6 heteroatoms. The van der Waals surface area contributed by atoms with E-state index in [1.54, 1.807) is 60.7 Å². The zero-order valence-electron chi connectivity index (χ0n) is 18.3. The first-order valence-corrected chi connectivity index (χ1v) is 11.1. The van der Waals surface area contributed by atoms with Crippen LogP contribution in [0.5, 0.6) is 5.75 Å². The van der Waals surface area contributed by atoms with E-state index in [0.29, 0.717) is 28.1 Å². The fraction of sp³-hybridized carbons (Fsp3) is 0.222. The topological polar surface area (TPSA) is 84.5 Å². The molecule has 0 radical (unpaired) electrons. The van der Waals surface area contributed by atoms with Crippen LogP contribution in [0.4, 0.5) is 5.69 Å². The van der Waals surface area contributed by atoms with E-state index < -0.39 is 0 Å². The monoisotopic (exact) mass is 442 g/mol. The van der Waals surface area contributed by atoms with Gasteiger partial charge in [0.15, 0.2) is 12.4 Å². The molecule has 4 rings (SSSR count). The van der Waals surface area contributed by atoms with E-state index >= 15 is 0 Å². The van der Waals surface area contributed by atoms with Crippen molar-refractivity contribution >= 4 is 23.3 Å². The number of carbonyl (C=O) groups is 3. The van der Waals surface area contributed by atoms with E-state index in [4.69, 9.17) is 4.74 Å². The summed E-state index contributed by atoms with van der Waals surface area (Å²) in [6.45, 7) is -0.218. The number of hydrogen-bond acceptors (Lipinski definition) is 4. The van der Waals surface area contributed by atoms with Crippen LogP contribution in [0.2, 0.25) is 0 Å². The smallest absolute Gasteiger partial charge is 0.262 e.